The third kappa shape index (κ3) is 6.49. The van der Waals surface area contributed by atoms with Crippen molar-refractivity contribution in [1.82, 2.24) is 0 Å². The van der Waals surface area contributed by atoms with Gasteiger partial charge in [0.15, 0.2) is 5.75 Å². The molecule has 1 N–H and O–H groups in total. The molecule has 0 amide bonds. The van der Waals surface area contributed by atoms with Gasteiger partial charge in [-0.1, -0.05) is 43.6 Å². The van der Waals surface area contributed by atoms with Crippen molar-refractivity contribution in [3.63, 3.8) is 0 Å². The van der Waals surface area contributed by atoms with Gasteiger partial charge in [0.1, 0.15) is 10.6 Å². The van der Waals surface area contributed by atoms with Gasteiger partial charge in [-0.15, -0.1) is 0 Å². The Morgan fingerprint density at radius 1 is 1.17 bits per heavy atom. The van der Waals surface area contributed by atoms with Crippen molar-refractivity contribution in [3.8, 4) is 11.5 Å². The number of anilines is 1. The summed E-state index contributed by atoms with van der Waals surface area (Å²) in [6.07, 6.45) is 7.84. The number of unbranched alkanes of at least 4 members (excludes halogenated alkanes) is 2. The van der Waals surface area contributed by atoms with E-state index >= 15 is 0 Å². The molecule has 2 unspecified atom stereocenters. The maximum atomic E-state index is 13.3. The zero-order valence-corrected chi connectivity index (χ0v) is 22.5. The number of phenols is 1. The summed E-state index contributed by atoms with van der Waals surface area (Å²) in [4.78, 5) is 1.99. The number of aryl methyl sites for hydroxylation is 1. The second-order valence-corrected chi connectivity index (χ2v) is 11.5. The van der Waals surface area contributed by atoms with Crippen LogP contribution in [0, 0.1) is 5.92 Å². The SMILES string of the molecule is C=C(C)C1CCC(C)=CC1c1c(O)cc(CCCCC)cc1OS(=O)(=O)c1ccc(N(C)C)cc1. The Morgan fingerprint density at radius 3 is 2.46 bits per heavy atom. The monoisotopic (exact) mass is 497 g/mol. The first-order chi connectivity index (χ1) is 16.5. The largest absolute Gasteiger partial charge is 0.507 e. The van der Waals surface area contributed by atoms with E-state index in [1.54, 1.807) is 36.4 Å². The molecule has 3 rings (SSSR count). The van der Waals surface area contributed by atoms with Crippen molar-refractivity contribution in [2.45, 2.75) is 70.1 Å². The number of allylic oxidation sites excluding steroid dienone is 3. The molecule has 1 aliphatic carbocycles. The van der Waals surface area contributed by atoms with E-state index in [-0.39, 0.29) is 28.2 Å². The highest BCUT2D eigenvalue weighted by Crippen LogP contribution is 2.47. The average Bonchev–Trinajstić information content (AvgIpc) is 2.78. The van der Waals surface area contributed by atoms with E-state index < -0.39 is 10.1 Å². The third-order valence-electron chi connectivity index (χ3n) is 6.80. The van der Waals surface area contributed by atoms with Crippen LogP contribution in [-0.4, -0.2) is 27.6 Å². The van der Waals surface area contributed by atoms with Crippen molar-refractivity contribution in [3.05, 3.63) is 71.3 Å². The van der Waals surface area contributed by atoms with Crippen LogP contribution in [0.5, 0.6) is 11.5 Å². The van der Waals surface area contributed by atoms with Crippen LogP contribution in [0.3, 0.4) is 0 Å². The van der Waals surface area contributed by atoms with Gasteiger partial charge in [-0.3, -0.25) is 0 Å². The van der Waals surface area contributed by atoms with Crippen molar-refractivity contribution in [2.75, 3.05) is 19.0 Å². The van der Waals surface area contributed by atoms with Crippen LogP contribution in [0.2, 0.25) is 0 Å². The molecule has 0 radical (unpaired) electrons. The normalized spacial score (nSPS) is 18.1. The first kappa shape index (κ1) is 26.9. The maximum absolute atomic E-state index is 13.3. The van der Waals surface area contributed by atoms with Crippen LogP contribution < -0.4 is 9.08 Å². The molecule has 0 saturated heterocycles. The maximum Gasteiger partial charge on any atom is 0.339 e. The molecular weight excluding hydrogens is 458 g/mol. The lowest BCUT2D eigenvalue weighted by Crippen LogP contribution is -2.19. The highest BCUT2D eigenvalue weighted by atomic mass is 32.2. The van der Waals surface area contributed by atoms with Gasteiger partial charge in [0.25, 0.3) is 0 Å². The first-order valence-corrected chi connectivity index (χ1v) is 13.8. The Kier molecular flexibility index (Phi) is 8.70. The van der Waals surface area contributed by atoms with E-state index in [2.05, 4.69) is 26.5 Å². The number of phenolic OH excluding ortho intramolecular Hbond substituents is 1. The highest BCUT2D eigenvalue weighted by Gasteiger charge is 2.32. The molecule has 0 spiro atoms. The van der Waals surface area contributed by atoms with Crippen LogP contribution in [0.25, 0.3) is 0 Å². The minimum absolute atomic E-state index is 0.0781. The smallest absolute Gasteiger partial charge is 0.339 e. The lowest BCUT2D eigenvalue weighted by Gasteiger charge is -2.32. The predicted octanol–water partition coefficient (Wildman–Crippen LogP) is 6.97. The van der Waals surface area contributed by atoms with Crippen LogP contribution in [0.1, 0.15) is 69.9 Å². The summed E-state index contributed by atoms with van der Waals surface area (Å²) in [5.74, 6) is 0.178. The van der Waals surface area contributed by atoms with Gasteiger partial charge in [0, 0.05) is 31.3 Å². The summed E-state index contributed by atoms with van der Waals surface area (Å²) in [5.41, 5.74) is 4.51. The summed E-state index contributed by atoms with van der Waals surface area (Å²) in [5, 5.41) is 11.2. The number of aromatic hydroxyl groups is 1. The van der Waals surface area contributed by atoms with E-state index in [0.717, 1.165) is 55.3 Å². The Labute approximate surface area is 211 Å². The number of hydrogen-bond acceptors (Lipinski definition) is 5. The van der Waals surface area contributed by atoms with Gasteiger partial charge in [-0.2, -0.15) is 8.42 Å². The molecule has 2 aromatic rings. The Bertz CT molecular complexity index is 1180. The van der Waals surface area contributed by atoms with Crippen molar-refractivity contribution in [1.29, 1.82) is 0 Å². The molecule has 2 aromatic carbocycles. The molecule has 0 aliphatic heterocycles. The van der Waals surface area contributed by atoms with Gasteiger partial charge in [-0.05, 0) is 87.4 Å². The molecule has 0 aromatic heterocycles. The molecule has 6 heteroatoms. The highest BCUT2D eigenvalue weighted by molar-refractivity contribution is 7.87. The van der Waals surface area contributed by atoms with Crippen LogP contribution >= 0.6 is 0 Å². The minimum Gasteiger partial charge on any atom is -0.507 e. The fraction of sp³-hybridized carbons (Fsp3) is 0.448. The topological polar surface area (TPSA) is 66.8 Å². The molecule has 190 valence electrons. The molecule has 2 atom stereocenters. The second kappa shape index (κ2) is 11.3. The lowest BCUT2D eigenvalue weighted by atomic mass is 9.73. The minimum atomic E-state index is -4.10. The number of rotatable bonds is 10. The summed E-state index contributed by atoms with van der Waals surface area (Å²) in [6.45, 7) is 10.4. The van der Waals surface area contributed by atoms with Gasteiger partial charge < -0.3 is 14.2 Å². The molecule has 0 saturated carbocycles. The molecule has 1 aliphatic rings. The number of benzene rings is 2. The fourth-order valence-electron chi connectivity index (χ4n) is 4.78. The Morgan fingerprint density at radius 2 is 1.86 bits per heavy atom. The zero-order chi connectivity index (χ0) is 25.8. The van der Waals surface area contributed by atoms with E-state index in [0.29, 0.717) is 5.56 Å². The summed E-state index contributed by atoms with van der Waals surface area (Å²) in [6, 6.07) is 10.2. The number of nitrogens with zero attached hydrogens (tertiary/aromatic N) is 1. The Hall–Kier alpha value is -2.73. The van der Waals surface area contributed by atoms with E-state index in [1.807, 2.05) is 25.9 Å². The van der Waals surface area contributed by atoms with Gasteiger partial charge in [0.2, 0.25) is 0 Å². The van der Waals surface area contributed by atoms with E-state index in [9.17, 15) is 13.5 Å². The van der Waals surface area contributed by atoms with Crippen LogP contribution in [0.15, 0.2) is 65.1 Å². The quantitative estimate of drug-likeness (QED) is 0.218. The molecule has 5 nitrogen and oxygen atoms in total. The summed E-state index contributed by atoms with van der Waals surface area (Å²) >= 11 is 0. The first-order valence-electron chi connectivity index (χ1n) is 12.4. The van der Waals surface area contributed by atoms with Crippen LogP contribution in [-0.2, 0) is 16.5 Å². The fourth-order valence-corrected chi connectivity index (χ4v) is 5.72. The van der Waals surface area contributed by atoms with Gasteiger partial charge in [-0.25, -0.2) is 0 Å². The Balaban J connectivity index is 2.09. The average molecular weight is 498 g/mol. The predicted molar refractivity (Wildman–Crippen MR) is 144 cm³/mol. The molecular formula is C29H39NO4S. The lowest BCUT2D eigenvalue weighted by molar-refractivity contribution is 0.420. The van der Waals surface area contributed by atoms with E-state index in [4.69, 9.17) is 4.18 Å². The van der Waals surface area contributed by atoms with E-state index in [1.165, 1.54) is 5.57 Å². The van der Waals surface area contributed by atoms with Gasteiger partial charge >= 0.3 is 10.1 Å². The summed E-state index contributed by atoms with van der Waals surface area (Å²) < 4.78 is 32.5. The molecule has 0 bridgehead atoms. The molecule has 0 fully saturated rings. The van der Waals surface area contributed by atoms with Crippen molar-refractivity contribution >= 4 is 15.8 Å². The third-order valence-corrected chi connectivity index (χ3v) is 8.05. The number of hydrogen-bond donors (Lipinski definition) is 1. The van der Waals surface area contributed by atoms with Crippen molar-refractivity contribution in [2.24, 2.45) is 5.92 Å². The zero-order valence-electron chi connectivity index (χ0n) is 21.7. The molecule has 0 heterocycles. The second-order valence-electron chi connectivity index (χ2n) is 9.94. The van der Waals surface area contributed by atoms with Crippen molar-refractivity contribution < 1.29 is 17.7 Å². The molecule has 35 heavy (non-hydrogen) atoms. The standard InChI is InChI=1S/C29H39NO4S/c1-7-8-9-10-22-18-27(31)29(26-17-21(4)11-16-25(26)20(2)3)28(19-22)34-35(32,33)24-14-12-23(13-15-24)30(5)6/h12-15,17-19,25-26,31H,2,7-11,16H2,1,3-6H3. The van der Waals surface area contributed by atoms with Crippen LogP contribution in [0.4, 0.5) is 5.69 Å². The summed E-state index contributed by atoms with van der Waals surface area (Å²) in [7, 11) is -0.300. The van der Waals surface area contributed by atoms with Gasteiger partial charge in [0.05, 0.1) is 0 Å².